The van der Waals surface area contributed by atoms with Crippen LogP contribution in [-0.2, 0) is 19.0 Å². The fourth-order valence-corrected chi connectivity index (χ4v) is 3.62. The Morgan fingerprint density at radius 2 is 2.17 bits per heavy atom. The first-order valence-electron chi connectivity index (χ1n) is 7.21. The molecule has 0 spiro atoms. The summed E-state index contributed by atoms with van der Waals surface area (Å²) in [5.41, 5.74) is -0.203. The van der Waals surface area contributed by atoms with E-state index in [-0.39, 0.29) is 22.6 Å². The Bertz CT molecular complexity index is 790. The molecule has 2 aromatic rings. The van der Waals surface area contributed by atoms with Crippen LogP contribution in [0.25, 0.3) is 11.3 Å². The van der Waals surface area contributed by atoms with E-state index in [1.807, 2.05) is 6.92 Å². The number of fused-ring (bicyclic) bond motifs is 3. The lowest BCUT2D eigenvalue weighted by Gasteiger charge is -2.22. The Kier molecular flexibility index (Phi) is 4.11. The van der Waals surface area contributed by atoms with Gasteiger partial charge in [-0.3, -0.25) is 0 Å². The second kappa shape index (κ2) is 5.93. The number of hydrogen-bond donors (Lipinski definition) is 0. The second-order valence-corrected chi connectivity index (χ2v) is 6.29. The molecule has 2 aromatic heterocycles. The van der Waals surface area contributed by atoms with E-state index in [0.29, 0.717) is 29.2 Å². The van der Waals surface area contributed by atoms with Gasteiger partial charge in [0.05, 0.1) is 23.1 Å². The summed E-state index contributed by atoms with van der Waals surface area (Å²) in [5.74, 6) is 1.25. The highest BCUT2D eigenvalue weighted by molar-refractivity contribution is 7.99. The Labute approximate surface area is 135 Å². The van der Waals surface area contributed by atoms with Crippen molar-refractivity contribution in [3.63, 3.8) is 0 Å². The van der Waals surface area contributed by atoms with Crippen LogP contribution in [0.1, 0.15) is 35.8 Å². The number of aromatic nitrogens is 1. The molecule has 0 bridgehead atoms. The zero-order valence-corrected chi connectivity index (χ0v) is 13.1. The molecule has 3 nitrogen and oxygen atoms in total. The van der Waals surface area contributed by atoms with Crippen LogP contribution in [0.2, 0.25) is 0 Å². The third kappa shape index (κ3) is 2.72. The molecule has 0 unspecified atom stereocenters. The van der Waals surface area contributed by atoms with Gasteiger partial charge in [-0.25, -0.2) is 4.98 Å². The lowest BCUT2D eigenvalue weighted by atomic mass is 9.89. The predicted molar refractivity (Wildman–Crippen MR) is 80.1 cm³/mol. The first-order chi connectivity index (χ1) is 11.0. The van der Waals surface area contributed by atoms with Crippen molar-refractivity contribution in [2.75, 3.05) is 5.75 Å². The summed E-state index contributed by atoms with van der Waals surface area (Å²) in [6, 6.07) is 3.36. The molecule has 0 aliphatic heterocycles. The summed E-state index contributed by atoms with van der Waals surface area (Å²) in [4.78, 5) is 4.39. The number of thioether (sulfide) groups is 1. The first-order valence-corrected chi connectivity index (χ1v) is 8.19. The van der Waals surface area contributed by atoms with Crippen molar-refractivity contribution in [1.82, 2.24) is 4.98 Å². The van der Waals surface area contributed by atoms with Crippen molar-refractivity contribution >= 4 is 11.8 Å². The van der Waals surface area contributed by atoms with E-state index < -0.39 is 11.7 Å². The molecule has 23 heavy (non-hydrogen) atoms. The van der Waals surface area contributed by atoms with Crippen molar-refractivity contribution in [2.45, 2.75) is 37.4 Å². The van der Waals surface area contributed by atoms with Crippen molar-refractivity contribution in [3.05, 3.63) is 34.8 Å². The highest BCUT2D eigenvalue weighted by atomic mass is 32.2. The Hall–Kier alpha value is -1.94. The zero-order valence-electron chi connectivity index (χ0n) is 12.3. The van der Waals surface area contributed by atoms with Crippen LogP contribution in [0, 0.1) is 11.3 Å². The molecule has 0 radical (unpaired) electrons. The number of aryl methyl sites for hydroxylation is 1. The van der Waals surface area contributed by atoms with Gasteiger partial charge >= 0.3 is 6.18 Å². The van der Waals surface area contributed by atoms with Gasteiger partial charge < -0.3 is 4.42 Å². The summed E-state index contributed by atoms with van der Waals surface area (Å²) in [7, 11) is 0. The van der Waals surface area contributed by atoms with Crippen LogP contribution in [-0.4, -0.2) is 10.7 Å². The highest BCUT2D eigenvalue weighted by Crippen LogP contribution is 2.44. The number of nitrogens with zero attached hydrogens (tertiary/aromatic N) is 2. The van der Waals surface area contributed by atoms with Gasteiger partial charge in [0.1, 0.15) is 16.9 Å². The monoisotopic (exact) mass is 338 g/mol. The minimum Gasteiger partial charge on any atom is -0.469 e. The molecule has 1 aliphatic rings. The van der Waals surface area contributed by atoms with Gasteiger partial charge in [0.25, 0.3) is 0 Å². The summed E-state index contributed by atoms with van der Waals surface area (Å²) in [6.07, 6.45) is -1.78. The Morgan fingerprint density at radius 3 is 2.83 bits per heavy atom. The molecule has 3 rings (SSSR count). The average molecular weight is 338 g/mol. The summed E-state index contributed by atoms with van der Waals surface area (Å²) in [6.45, 7) is 1.93. The fourth-order valence-electron chi connectivity index (χ4n) is 2.77. The maximum atomic E-state index is 13.6. The number of furan rings is 1. The molecule has 0 N–H and O–H groups in total. The first kappa shape index (κ1) is 15.9. The molecule has 0 amide bonds. The number of nitriles is 1. The molecule has 0 fully saturated rings. The van der Waals surface area contributed by atoms with Crippen molar-refractivity contribution in [2.24, 2.45) is 0 Å². The molecule has 1 aliphatic carbocycles. The Morgan fingerprint density at radius 1 is 1.39 bits per heavy atom. The van der Waals surface area contributed by atoms with E-state index in [9.17, 15) is 18.4 Å². The largest absolute Gasteiger partial charge is 0.469 e. The lowest BCUT2D eigenvalue weighted by molar-refractivity contribution is -0.138. The van der Waals surface area contributed by atoms with Gasteiger partial charge in [-0.15, -0.1) is 11.8 Å². The van der Waals surface area contributed by atoms with Gasteiger partial charge in [0.15, 0.2) is 0 Å². The predicted octanol–water partition coefficient (Wildman–Crippen LogP) is 4.83. The van der Waals surface area contributed by atoms with E-state index in [1.54, 1.807) is 12.1 Å². The molecular formula is C16H13F3N2OS. The highest BCUT2D eigenvalue weighted by Gasteiger charge is 2.41. The standard InChI is InChI=1S/C16H13F3N2OS/c1-2-7-23-15-11(8-20)13(16(17,18)19)10-3-4-12-9(5-6-22-12)14(10)21-15/h5-6H,2-4,7H2,1H3. The molecule has 0 atom stereocenters. The van der Waals surface area contributed by atoms with E-state index in [2.05, 4.69) is 4.98 Å². The second-order valence-electron chi connectivity index (χ2n) is 5.21. The lowest BCUT2D eigenvalue weighted by Crippen LogP contribution is -2.18. The smallest absolute Gasteiger partial charge is 0.418 e. The van der Waals surface area contributed by atoms with Gasteiger partial charge in [-0.05, 0) is 30.2 Å². The summed E-state index contributed by atoms with van der Waals surface area (Å²) in [5, 5.41) is 9.44. The van der Waals surface area contributed by atoms with Crippen LogP contribution in [0.4, 0.5) is 13.2 Å². The SMILES string of the molecule is CCCSc1nc2c(c(C(F)(F)F)c1C#N)CCc1occc1-2. The third-order valence-electron chi connectivity index (χ3n) is 3.71. The van der Waals surface area contributed by atoms with Crippen molar-refractivity contribution < 1.29 is 17.6 Å². The van der Waals surface area contributed by atoms with Crippen molar-refractivity contribution in [3.8, 4) is 17.3 Å². The van der Waals surface area contributed by atoms with E-state index in [4.69, 9.17) is 4.42 Å². The normalized spacial score (nSPS) is 13.3. The molecule has 0 saturated carbocycles. The Balaban J connectivity index is 2.30. The van der Waals surface area contributed by atoms with E-state index in [1.165, 1.54) is 18.0 Å². The summed E-state index contributed by atoms with van der Waals surface area (Å²) >= 11 is 1.19. The van der Waals surface area contributed by atoms with Crippen LogP contribution in [0.15, 0.2) is 21.8 Å². The topological polar surface area (TPSA) is 49.8 Å². The number of alkyl halides is 3. The molecule has 0 saturated heterocycles. The van der Waals surface area contributed by atoms with Crippen LogP contribution < -0.4 is 0 Å². The number of halogens is 3. The van der Waals surface area contributed by atoms with Gasteiger partial charge in [-0.2, -0.15) is 18.4 Å². The average Bonchev–Trinajstić information content (AvgIpc) is 2.99. The zero-order chi connectivity index (χ0) is 16.6. The van der Waals surface area contributed by atoms with Gasteiger partial charge in [0.2, 0.25) is 0 Å². The minimum absolute atomic E-state index is 0.101. The van der Waals surface area contributed by atoms with Crippen LogP contribution in [0.3, 0.4) is 0 Å². The van der Waals surface area contributed by atoms with Gasteiger partial charge in [0, 0.05) is 12.0 Å². The van der Waals surface area contributed by atoms with Gasteiger partial charge in [-0.1, -0.05) is 6.92 Å². The summed E-state index contributed by atoms with van der Waals surface area (Å²) < 4.78 is 46.2. The molecule has 120 valence electrons. The number of pyridine rings is 1. The van der Waals surface area contributed by atoms with Crippen molar-refractivity contribution in [1.29, 1.82) is 5.26 Å². The number of rotatable bonds is 3. The molecule has 0 aromatic carbocycles. The third-order valence-corrected chi connectivity index (χ3v) is 4.89. The van der Waals surface area contributed by atoms with E-state index >= 15 is 0 Å². The molecule has 7 heteroatoms. The molecule has 2 heterocycles. The van der Waals surface area contributed by atoms with E-state index in [0.717, 1.165) is 6.42 Å². The maximum absolute atomic E-state index is 13.6. The van der Waals surface area contributed by atoms with Crippen LogP contribution in [0.5, 0.6) is 0 Å². The van der Waals surface area contributed by atoms with Crippen LogP contribution >= 0.6 is 11.8 Å². The minimum atomic E-state index is -4.58. The maximum Gasteiger partial charge on any atom is 0.418 e. The fraction of sp³-hybridized carbons (Fsp3) is 0.375. The quantitative estimate of drug-likeness (QED) is 0.752. The number of hydrogen-bond acceptors (Lipinski definition) is 4. The molecular weight excluding hydrogens is 325 g/mol.